The first-order chi connectivity index (χ1) is 15.8. The van der Waals surface area contributed by atoms with E-state index in [2.05, 4.69) is 49.1 Å². The molecule has 0 aliphatic carbocycles. The van der Waals surface area contributed by atoms with Gasteiger partial charge in [0.1, 0.15) is 29.9 Å². The number of aliphatic hydroxyl groups is 1. The van der Waals surface area contributed by atoms with Crippen molar-refractivity contribution in [1.82, 2.24) is 24.6 Å². The van der Waals surface area contributed by atoms with Crippen molar-refractivity contribution in [3.05, 3.63) is 82.4 Å². The summed E-state index contributed by atoms with van der Waals surface area (Å²) in [7, 11) is 1.90. The molecule has 1 atom stereocenters. The summed E-state index contributed by atoms with van der Waals surface area (Å²) >= 11 is 3.55. The summed E-state index contributed by atoms with van der Waals surface area (Å²) in [5.74, 6) is -0.927. The van der Waals surface area contributed by atoms with E-state index in [9.17, 15) is 13.9 Å². The molecule has 0 amide bonds. The molecule has 0 bridgehead atoms. The fourth-order valence-electron chi connectivity index (χ4n) is 4.68. The average molecular weight is 520 g/mol. The summed E-state index contributed by atoms with van der Waals surface area (Å²) < 4.78 is 30.7. The second-order valence-corrected chi connectivity index (χ2v) is 9.77. The van der Waals surface area contributed by atoms with Crippen LogP contribution in [-0.4, -0.2) is 63.0 Å². The minimum Gasteiger partial charge on any atom is -0.382 e. The van der Waals surface area contributed by atoms with Crippen LogP contribution in [0.15, 0.2) is 59.6 Å². The number of hydrogen-bond donors (Lipinski definition) is 1. The number of rotatable bonds is 8. The predicted molar refractivity (Wildman–Crippen MR) is 125 cm³/mol. The van der Waals surface area contributed by atoms with E-state index in [1.54, 1.807) is 0 Å². The summed E-state index contributed by atoms with van der Waals surface area (Å²) in [5.41, 5.74) is -0.208. The standard InChI is InChI=1S/C24H28BrF2N5O/c1-30(17-31-9-7-18(8-10-31)19-3-2-4-20(25)11-19)13-24(33,14-32-16-28-15-29-32)22-6-5-21(26)12-23(22)27/h2-6,11-12,15-16,18,33H,7-10,13-14,17H2,1H3. The minimum absolute atomic E-state index is 0.00481. The van der Waals surface area contributed by atoms with Crippen LogP contribution in [0.5, 0.6) is 0 Å². The van der Waals surface area contributed by atoms with E-state index in [0.29, 0.717) is 12.6 Å². The number of benzene rings is 2. The number of piperidine rings is 1. The highest BCUT2D eigenvalue weighted by molar-refractivity contribution is 9.10. The largest absolute Gasteiger partial charge is 0.382 e. The zero-order valence-corrected chi connectivity index (χ0v) is 20.1. The van der Waals surface area contributed by atoms with Crippen LogP contribution in [0, 0.1) is 11.6 Å². The van der Waals surface area contributed by atoms with Crippen molar-refractivity contribution in [3.63, 3.8) is 0 Å². The van der Waals surface area contributed by atoms with Crippen LogP contribution in [-0.2, 0) is 12.1 Å². The van der Waals surface area contributed by atoms with Gasteiger partial charge in [0.15, 0.2) is 0 Å². The van der Waals surface area contributed by atoms with Gasteiger partial charge in [-0.25, -0.2) is 18.4 Å². The number of aromatic nitrogens is 3. The zero-order chi connectivity index (χ0) is 23.4. The summed E-state index contributed by atoms with van der Waals surface area (Å²) in [6.45, 7) is 2.67. The van der Waals surface area contributed by atoms with Gasteiger partial charge in [-0.3, -0.25) is 9.80 Å². The molecule has 1 aromatic heterocycles. The Morgan fingerprint density at radius 1 is 1.18 bits per heavy atom. The molecule has 6 nitrogen and oxygen atoms in total. The molecule has 1 fully saturated rings. The highest BCUT2D eigenvalue weighted by Crippen LogP contribution is 2.31. The topological polar surface area (TPSA) is 57.4 Å². The molecule has 0 saturated carbocycles. The van der Waals surface area contributed by atoms with Gasteiger partial charge in [-0.15, -0.1) is 0 Å². The highest BCUT2D eigenvalue weighted by atomic mass is 79.9. The van der Waals surface area contributed by atoms with E-state index in [0.717, 1.165) is 42.5 Å². The summed E-state index contributed by atoms with van der Waals surface area (Å²) in [5, 5.41) is 15.6. The lowest BCUT2D eigenvalue weighted by molar-refractivity contribution is -0.0285. The molecule has 1 unspecified atom stereocenters. The van der Waals surface area contributed by atoms with Gasteiger partial charge in [0.25, 0.3) is 0 Å². The molecule has 1 aliphatic heterocycles. The summed E-state index contributed by atoms with van der Waals surface area (Å²) in [4.78, 5) is 8.22. The number of likely N-dealkylation sites (N-methyl/N-ethyl adjacent to an activating group) is 1. The fraction of sp³-hybridized carbons (Fsp3) is 0.417. The summed E-state index contributed by atoms with van der Waals surface area (Å²) in [6, 6.07) is 11.7. The van der Waals surface area contributed by atoms with Gasteiger partial charge in [0.2, 0.25) is 0 Å². The molecule has 176 valence electrons. The first-order valence-corrected chi connectivity index (χ1v) is 11.8. The van der Waals surface area contributed by atoms with E-state index in [4.69, 9.17) is 0 Å². The van der Waals surface area contributed by atoms with E-state index in [1.165, 1.54) is 29.0 Å². The maximum Gasteiger partial charge on any atom is 0.137 e. The quantitative estimate of drug-likeness (QED) is 0.487. The molecule has 2 aromatic carbocycles. The van der Waals surface area contributed by atoms with E-state index < -0.39 is 17.2 Å². The normalized spacial score (nSPS) is 17.4. The molecular weight excluding hydrogens is 492 g/mol. The Labute approximate surface area is 201 Å². The lowest BCUT2D eigenvalue weighted by atomic mass is 9.89. The Hall–Kier alpha value is -2.20. The molecule has 4 rings (SSSR count). The van der Waals surface area contributed by atoms with E-state index in [-0.39, 0.29) is 18.7 Å². The molecule has 0 radical (unpaired) electrons. The molecule has 1 aliphatic rings. The van der Waals surface area contributed by atoms with Crippen LogP contribution in [0.1, 0.15) is 29.9 Å². The molecule has 2 heterocycles. The molecule has 1 saturated heterocycles. The lowest BCUT2D eigenvalue weighted by Gasteiger charge is -2.38. The Bertz CT molecular complexity index is 1060. The Morgan fingerprint density at radius 2 is 1.97 bits per heavy atom. The number of halogens is 3. The third kappa shape index (κ3) is 6.03. The average Bonchev–Trinajstić information content (AvgIpc) is 3.26. The predicted octanol–water partition coefficient (Wildman–Crippen LogP) is 3.98. The van der Waals surface area contributed by atoms with Crippen LogP contribution in [0.3, 0.4) is 0 Å². The van der Waals surface area contributed by atoms with Gasteiger partial charge < -0.3 is 5.11 Å². The third-order valence-electron chi connectivity index (χ3n) is 6.20. The number of likely N-dealkylation sites (tertiary alicyclic amines) is 1. The number of hydrogen-bond acceptors (Lipinski definition) is 5. The van der Waals surface area contributed by atoms with Crippen LogP contribution in [0.2, 0.25) is 0 Å². The highest BCUT2D eigenvalue weighted by Gasteiger charge is 2.35. The first kappa shape index (κ1) is 23.9. The summed E-state index contributed by atoms with van der Waals surface area (Å²) in [6.07, 6.45) is 4.94. The van der Waals surface area contributed by atoms with Gasteiger partial charge >= 0.3 is 0 Å². The fourth-order valence-corrected chi connectivity index (χ4v) is 5.09. The van der Waals surface area contributed by atoms with Crippen molar-refractivity contribution in [2.75, 3.05) is 33.4 Å². The molecule has 33 heavy (non-hydrogen) atoms. The molecule has 0 spiro atoms. The first-order valence-electron chi connectivity index (χ1n) is 11.0. The van der Waals surface area contributed by atoms with Crippen molar-refractivity contribution in [1.29, 1.82) is 0 Å². The molecule has 3 aromatic rings. The second-order valence-electron chi connectivity index (χ2n) is 8.85. The van der Waals surface area contributed by atoms with Gasteiger partial charge in [0.05, 0.1) is 13.2 Å². The van der Waals surface area contributed by atoms with Gasteiger partial charge in [0, 0.05) is 22.6 Å². The Kier molecular flexibility index (Phi) is 7.53. The maximum atomic E-state index is 14.6. The van der Waals surface area contributed by atoms with Crippen LogP contribution in [0.25, 0.3) is 0 Å². The maximum absolute atomic E-state index is 14.6. The van der Waals surface area contributed by atoms with Crippen molar-refractivity contribution in [2.45, 2.75) is 30.9 Å². The molecule has 1 N–H and O–H groups in total. The van der Waals surface area contributed by atoms with Crippen LogP contribution in [0.4, 0.5) is 8.78 Å². The van der Waals surface area contributed by atoms with Crippen molar-refractivity contribution in [2.24, 2.45) is 0 Å². The third-order valence-corrected chi connectivity index (χ3v) is 6.70. The van der Waals surface area contributed by atoms with Crippen molar-refractivity contribution >= 4 is 15.9 Å². The zero-order valence-electron chi connectivity index (χ0n) is 18.5. The Morgan fingerprint density at radius 3 is 2.64 bits per heavy atom. The van der Waals surface area contributed by atoms with Gasteiger partial charge in [-0.1, -0.05) is 34.1 Å². The Balaban J connectivity index is 1.41. The van der Waals surface area contributed by atoms with Crippen LogP contribution < -0.4 is 0 Å². The number of nitrogens with zero attached hydrogens (tertiary/aromatic N) is 5. The lowest BCUT2D eigenvalue weighted by Crippen LogP contribution is -2.48. The smallest absolute Gasteiger partial charge is 0.137 e. The minimum atomic E-state index is -1.60. The second kappa shape index (κ2) is 10.4. The molecular formula is C24H28BrF2N5O. The molecule has 9 heteroatoms. The van der Waals surface area contributed by atoms with Crippen LogP contribution >= 0.6 is 15.9 Å². The monoisotopic (exact) mass is 519 g/mol. The van der Waals surface area contributed by atoms with Gasteiger partial charge in [-0.2, -0.15) is 5.10 Å². The van der Waals surface area contributed by atoms with E-state index in [1.807, 2.05) is 18.0 Å². The van der Waals surface area contributed by atoms with Crippen molar-refractivity contribution < 1.29 is 13.9 Å². The SMILES string of the molecule is CN(CN1CCC(c2cccc(Br)c2)CC1)CC(O)(Cn1cncn1)c1ccc(F)cc1F. The van der Waals surface area contributed by atoms with Gasteiger partial charge in [-0.05, 0) is 62.7 Å². The van der Waals surface area contributed by atoms with E-state index >= 15 is 0 Å². The van der Waals surface area contributed by atoms with Crippen molar-refractivity contribution in [3.8, 4) is 0 Å².